The van der Waals surface area contributed by atoms with Crippen LogP contribution >= 0.6 is 0 Å². The Balaban J connectivity index is 1.87. The molecule has 7 nitrogen and oxygen atoms in total. The first-order valence-corrected chi connectivity index (χ1v) is 6.35. The first kappa shape index (κ1) is 14.1. The third-order valence-electron chi connectivity index (χ3n) is 2.87. The number of aryl methyl sites for hydroxylation is 1. The summed E-state index contributed by atoms with van der Waals surface area (Å²) in [6.45, 7) is 4.10. The molecule has 0 aliphatic rings. The molecule has 0 aromatic carbocycles. The molecule has 2 rings (SSSR count). The largest absolute Gasteiger partial charge is 0.465 e. The fraction of sp³-hybridized carbons (Fsp3) is 0.385. The van der Waals surface area contributed by atoms with Gasteiger partial charge in [-0.25, -0.2) is 4.79 Å². The molecule has 106 valence electrons. The lowest BCUT2D eigenvalue weighted by Gasteiger charge is -2.06. The highest BCUT2D eigenvalue weighted by Gasteiger charge is 2.06. The highest BCUT2D eigenvalue weighted by Crippen LogP contribution is 2.02. The van der Waals surface area contributed by atoms with Crippen molar-refractivity contribution in [3.8, 4) is 0 Å². The number of esters is 1. The molecule has 0 unspecified atom stereocenters. The predicted molar refractivity (Wildman–Crippen MR) is 71.8 cm³/mol. The van der Waals surface area contributed by atoms with Crippen molar-refractivity contribution < 1.29 is 9.53 Å². The number of nitrogens with zero attached hydrogens (tertiary/aromatic N) is 4. The zero-order valence-electron chi connectivity index (χ0n) is 11.5. The number of rotatable bonds is 6. The van der Waals surface area contributed by atoms with Gasteiger partial charge in [0.2, 0.25) is 0 Å². The standard InChI is InChI=1S/C13H17N5O2/c1-3-18-9-16-17-12(18)8-14-7-11-5-4-10(6-15-11)13(19)20-2/h4-6,9,14H,3,7-8H2,1-2H3. The van der Waals surface area contributed by atoms with Crippen molar-refractivity contribution in [3.63, 3.8) is 0 Å². The van der Waals surface area contributed by atoms with Gasteiger partial charge in [-0.2, -0.15) is 0 Å². The normalized spacial score (nSPS) is 10.5. The molecule has 2 aromatic heterocycles. The van der Waals surface area contributed by atoms with Gasteiger partial charge in [-0.05, 0) is 19.1 Å². The van der Waals surface area contributed by atoms with Gasteiger partial charge in [0, 0.05) is 19.3 Å². The summed E-state index contributed by atoms with van der Waals surface area (Å²) in [5.41, 5.74) is 1.29. The second-order valence-corrected chi connectivity index (χ2v) is 4.17. The minimum Gasteiger partial charge on any atom is -0.465 e. The minimum atomic E-state index is -0.381. The van der Waals surface area contributed by atoms with Crippen molar-refractivity contribution in [1.29, 1.82) is 0 Å². The van der Waals surface area contributed by atoms with Gasteiger partial charge in [-0.1, -0.05) is 0 Å². The number of pyridine rings is 1. The summed E-state index contributed by atoms with van der Waals surface area (Å²) >= 11 is 0. The fourth-order valence-electron chi connectivity index (χ4n) is 1.75. The van der Waals surface area contributed by atoms with E-state index in [9.17, 15) is 4.79 Å². The highest BCUT2D eigenvalue weighted by atomic mass is 16.5. The molecule has 0 spiro atoms. The molecule has 20 heavy (non-hydrogen) atoms. The highest BCUT2D eigenvalue weighted by molar-refractivity contribution is 5.88. The SMILES string of the molecule is CCn1cnnc1CNCc1ccc(C(=O)OC)cn1. The average molecular weight is 275 g/mol. The maximum Gasteiger partial charge on any atom is 0.339 e. The molecule has 0 saturated heterocycles. The lowest BCUT2D eigenvalue weighted by atomic mass is 10.2. The molecule has 0 radical (unpaired) electrons. The van der Waals surface area contributed by atoms with E-state index in [-0.39, 0.29) is 5.97 Å². The zero-order valence-corrected chi connectivity index (χ0v) is 11.5. The Morgan fingerprint density at radius 3 is 2.90 bits per heavy atom. The number of aromatic nitrogens is 4. The molecule has 7 heteroatoms. The number of hydrogen-bond acceptors (Lipinski definition) is 6. The number of hydrogen-bond donors (Lipinski definition) is 1. The van der Waals surface area contributed by atoms with Crippen LogP contribution in [-0.4, -0.2) is 32.8 Å². The van der Waals surface area contributed by atoms with Gasteiger partial charge in [0.1, 0.15) is 12.2 Å². The van der Waals surface area contributed by atoms with Crippen LogP contribution in [0.4, 0.5) is 0 Å². The van der Waals surface area contributed by atoms with Crippen LogP contribution in [0.5, 0.6) is 0 Å². The lowest BCUT2D eigenvalue weighted by Crippen LogP contribution is -2.17. The van der Waals surface area contributed by atoms with E-state index in [1.165, 1.54) is 13.3 Å². The van der Waals surface area contributed by atoms with Crippen LogP contribution in [0.1, 0.15) is 28.8 Å². The van der Waals surface area contributed by atoms with Crippen LogP contribution in [0.15, 0.2) is 24.7 Å². The Morgan fingerprint density at radius 1 is 1.40 bits per heavy atom. The molecule has 2 aromatic rings. The molecular formula is C13H17N5O2. The van der Waals surface area contributed by atoms with E-state index in [2.05, 4.69) is 25.2 Å². The van der Waals surface area contributed by atoms with Crippen molar-refractivity contribution in [2.75, 3.05) is 7.11 Å². The van der Waals surface area contributed by atoms with Crippen LogP contribution in [-0.2, 0) is 24.4 Å². The number of nitrogens with one attached hydrogen (secondary N) is 1. The lowest BCUT2D eigenvalue weighted by molar-refractivity contribution is 0.0600. The second-order valence-electron chi connectivity index (χ2n) is 4.17. The summed E-state index contributed by atoms with van der Waals surface area (Å²) in [7, 11) is 1.35. The molecule has 0 amide bonds. The van der Waals surface area contributed by atoms with Crippen molar-refractivity contribution in [1.82, 2.24) is 25.1 Å². The summed E-state index contributed by atoms with van der Waals surface area (Å²) in [4.78, 5) is 15.5. The van der Waals surface area contributed by atoms with Gasteiger partial charge >= 0.3 is 5.97 Å². The van der Waals surface area contributed by atoms with Crippen molar-refractivity contribution in [3.05, 3.63) is 41.7 Å². The van der Waals surface area contributed by atoms with Crippen LogP contribution in [0.25, 0.3) is 0 Å². The fourth-order valence-corrected chi connectivity index (χ4v) is 1.75. The summed E-state index contributed by atoms with van der Waals surface area (Å²) < 4.78 is 6.59. The summed E-state index contributed by atoms with van der Waals surface area (Å²) in [6, 6.07) is 3.49. The van der Waals surface area contributed by atoms with Crippen LogP contribution in [0, 0.1) is 0 Å². The van der Waals surface area contributed by atoms with Crippen LogP contribution < -0.4 is 5.32 Å². The van der Waals surface area contributed by atoms with E-state index < -0.39 is 0 Å². The molecule has 1 N–H and O–H groups in total. The maximum absolute atomic E-state index is 11.3. The first-order chi connectivity index (χ1) is 9.74. The summed E-state index contributed by atoms with van der Waals surface area (Å²) in [5.74, 6) is 0.506. The molecule has 0 saturated carbocycles. The van der Waals surface area contributed by atoms with E-state index in [1.807, 2.05) is 11.5 Å². The smallest absolute Gasteiger partial charge is 0.339 e. The molecular weight excluding hydrogens is 258 g/mol. The Labute approximate surface area is 117 Å². The van der Waals surface area contributed by atoms with E-state index in [0.717, 1.165) is 18.1 Å². The molecule has 0 aliphatic carbocycles. The van der Waals surface area contributed by atoms with E-state index in [4.69, 9.17) is 0 Å². The molecule has 0 atom stereocenters. The van der Waals surface area contributed by atoms with Gasteiger partial charge in [-0.3, -0.25) is 4.98 Å². The monoisotopic (exact) mass is 275 g/mol. The third-order valence-corrected chi connectivity index (χ3v) is 2.87. The van der Waals surface area contributed by atoms with Gasteiger partial charge in [0.15, 0.2) is 0 Å². The van der Waals surface area contributed by atoms with E-state index in [1.54, 1.807) is 18.5 Å². The Bertz CT molecular complexity index is 564. The first-order valence-electron chi connectivity index (χ1n) is 6.35. The summed E-state index contributed by atoms with van der Waals surface area (Å²) in [5, 5.41) is 11.1. The number of carbonyl (C=O) groups excluding carboxylic acids is 1. The van der Waals surface area contributed by atoms with Crippen LogP contribution in [0.2, 0.25) is 0 Å². The number of ether oxygens (including phenoxy) is 1. The third kappa shape index (κ3) is 3.39. The van der Waals surface area contributed by atoms with Gasteiger partial charge in [-0.15, -0.1) is 10.2 Å². The average Bonchev–Trinajstić information content (AvgIpc) is 2.94. The molecule has 2 heterocycles. The number of methoxy groups -OCH3 is 1. The van der Waals surface area contributed by atoms with Crippen molar-refractivity contribution >= 4 is 5.97 Å². The molecule has 0 aliphatic heterocycles. The summed E-state index contributed by atoms with van der Waals surface area (Å²) in [6.07, 6.45) is 3.22. The Kier molecular flexibility index (Phi) is 4.78. The maximum atomic E-state index is 11.3. The minimum absolute atomic E-state index is 0.381. The molecule has 0 fully saturated rings. The topological polar surface area (TPSA) is 81.9 Å². The van der Waals surface area contributed by atoms with Crippen molar-refractivity contribution in [2.24, 2.45) is 0 Å². The van der Waals surface area contributed by atoms with Gasteiger partial charge in [0.05, 0.1) is 24.9 Å². The Morgan fingerprint density at radius 2 is 2.25 bits per heavy atom. The predicted octanol–water partition coefficient (Wildman–Crippen LogP) is 0.769. The van der Waals surface area contributed by atoms with E-state index in [0.29, 0.717) is 18.7 Å². The zero-order chi connectivity index (χ0) is 14.4. The van der Waals surface area contributed by atoms with Crippen LogP contribution in [0.3, 0.4) is 0 Å². The van der Waals surface area contributed by atoms with Gasteiger partial charge in [0.25, 0.3) is 0 Å². The van der Waals surface area contributed by atoms with Gasteiger partial charge < -0.3 is 14.6 Å². The molecule has 0 bridgehead atoms. The quantitative estimate of drug-likeness (QED) is 0.784. The van der Waals surface area contributed by atoms with Crippen molar-refractivity contribution in [2.45, 2.75) is 26.6 Å². The Hall–Kier alpha value is -2.28. The van der Waals surface area contributed by atoms with E-state index >= 15 is 0 Å². The number of carbonyl (C=O) groups is 1. The second kappa shape index (κ2) is 6.76.